The Morgan fingerprint density at radius 1 is 1.38 bits per heavy atom. The molecule has 1 aromatic heterocycles. The van der Waals surface area contributed by atoms with Crippen LogP contribution < -0.4 is 5.32 Å². The number of hydrogen-bond donors (Lipinski definition) is 1. The lowest BCUT2D eigenvalue weighted by Crippen LogP contribution is -2.44. The van der Waals surface area contributed by atoms with Crippen molar-refractivity contribution in [2.45, 2.75) is 59.4 Å². The first-order valence-electron chi connectivity index (χ1n) is 7.78. The van der Waals surface area contributed by atoms with E-state index in [-0.39, 0.29) is 11.4 Å². The standard InChI is InChI=1S/C16H29N3O2/c1-7-11-19(6)16(4,5)9-10-17-15(20)14-12(3)13(8-2)21-18-14/h7-11H2,1-6H3,(H,17,20). The van der Waals surface area contributed by atoms with Crippen LogP contribution in [0.1, 0.15) is 62.3 Å². The molecule has 1 N–H and O–H groups in total. The van der Waals surface area contributed by atoms with Gasteiger partial charge in [0.05, 0.1) is 0 Å². The van der Waals surface area contributed by atoms with E-state index in [1.807, 2.05) is 13.8 Å². The van der Waals surface area contributed by atoms with Crippen molar-refractivity contribution in [2.75, 3.05) is 20.1 Å². The number of aromatic nitrogens is 1. The van der Waals surface area contributed by atoms with Gasteiger partial charge in [-0.2, -0.15) is 0 Å². The first kappa shape index (κ1) is 17.7. The predicted molar refractivity (Wildman–Crippen MR) is 84.6 cm³/mol. The average Bonchev–Trinajstić information content (AvgIpc) is 2.79. The molecule has 1 rings (SSSR count). The molecule has 0 unspecified atom stereocenters. The van der Waals surface area contributed by atoms with E-state index in [1.54, 1.807) is 0 Å². The molecule has 0 aromatic carbocycles. The van der Waals surface area contributed by atoms with E-state index >= 15 is 0 Å². The number of rotatable bonds is 8. The van der Waals surface area contributed by atoms with Gasteiger partial charge in [0.1, 0.15) is 5.76 Å². The molecule has 0 fully saturated rings. The maximum Gasteiger partial charge on any atom is 0.273 e. The Morgan fingerprint density at radius 3 is 2.57 bits per heavy atom. The van der Waals surface area contributed by atoms with Gasteiger partial charge in [-0.25, -0.2) is 0 Å². The molecule has 0 atom stereocenters. The van der Waals surface area contributed by atoms with E-state index in [0.717, 1.165) is 37.1 Å². The van der Waals surface area contributed by atoms with Gasteiger partial charge in [-0.1, -0.05) is 19.0 Å². The first-order chi connectivity index (χ1) is 9.83. The molecule has 0 spiro atoms. The summed E-state index contributed by atoms with van der Waals surface area (Å²) < 4.78 is 5.16. The highest BCUT2D eigenvalue weighted by Gasteiger charge is 2.23. The van der Waals surface area contributed by atoms with Crippen LogP contribution in [0.5, 0.6) is 0 Å². The fourth-order valence-electron chi connectivity index (χ4n) is 2.31. The lowest BCUT2D eigenvalue weighted by Gasteiger charge is -2.35. The number of amides is 1. The smallest absolute Gasteiger partial charge is 0.273 e. The lowest BCUT2D eigenvalue weighted by atomic mass is 9.98. The zero-order chi connectivity index (χ0) is 16.0. The van der Waals surface area contributed by atoms with Gasteiger partial charge in [0, 0.05) is 24.1 Å². The number of hydrogen-bond acceptors (Lipinski definition) is 4. The summed E-state index contributed by atoms with van der Waals surface area (Å²) in [6.45, 7) is 12.1. The van der Waals surface area contributed by atoms with Crippen LogP contribution in [0.15, 0.2) is 4.52 Å². The second kappa shape index (κ2) is 7.59. The third kappa shape index (κ3) is 4.56. The zero-order valence-corrected chi connectivity index (χ0v) is 14.2. The highest BCUT2D eigenvalue weighted by molar-refractivity contribution is 5.93. The van der Waals surface area contributed by atoms with Crippen molar-refractivity contribution >= 4 is 5.91 Å². The monoisotopic (exact) mass is 295 g/mol. The largest absolute Gasteiger partial charge is 0.360 e. The van der Waals surface area contributed by atoms with Crippen LogP contribution in [0.25, 0.3) is 0 Å². The van der Waals surface area contributed by atoms with Gasteiger partial charge in [0.25, 0.3) is 5.91 Å². The molecule has 0 bridgehead atoms. The molecule has 120 valence electrons. The zero-order valence-electron chi connectivity index (χ0n) is 14.2. The Bertz CT molecular complexity index is 466. The summed E-state index contributed by atoms with van der Waals surface area (Å²) in [6, 6.07) is 0. The van der Waals surface area contributed by atoms with E-state index in [2.05, 4.69) is 43.2 Å². The van der Waals surface area contributed by atoms with Gasteiger partial charge >= 0.3 is 0 Å². The molecule has 0 saturated carbocycles. The third-order valence-corrected chi connectivity index (χ3v) is 4.17. The van der Waals surface area contributed by atoms with Gasteiger partial charge in [-0.15, -0.1) is 0 Å². The molecular weight excluding hydrogens is 266 g/mol. The maximum absolute atomic E-state index is 12.1. The van der Waals surface area contributed by atoms with E-state index < -0.39 is 0 Å². The normalized spacial score (nSPS) is 12.0. The average molecular weight is 295 g/mol. The van der Waals surface area contributed by atoms with Crippen molar-refractivity contribution < 1.29 is 9.32 Å². The number of carbonyl (C=O) groups is 1. The lowest BCUT2D eigenvalue weighted by molar-refractivity contribution is 0.0927. The van der Waals surface area contributed by atoms with Gasteiger partial charge < -0.3 is 14.7 Å². The summed E-state index contributed by atoms with van der Waals surface area (Å²) in [7, 11) is 2.13. The topological polar surface area (TPSA) is 58.4 Å². The highest BCUT2D eigenvalue weighted by atomic mass is 16.5. The molecule has 0 aliphatic carbocycles. The molecule has 0 saturated heterocycles. The van der Waals surface area contributed by atoms with Crippen molar-refractivity contribution in [1.29, 1.82) is 0 Å². The fraction of sp³-hybridized carbons (Fsp3) is 0.750. The Morgan fingerprint density at radius 2 is 2.05 bits per heavy atom. The third-order valence-electron chi connectivity index (χ3n) is 4.17. The summed E-state index contributed by atoms with van der Waals surface area (Å²) in [6.07, 6.45) is 2.78. The van der Waals surface area contributed by atoms with E-state index in [4.69, 9.17) is 4.52 Å². The number of nitrogens with one attached hydrogen (secondary N) is 1. The molecule has 1 aromatic rings. The van der Waals surface area contributed by atoms with Crippen LogP contribution in [0, 0.1) is 6.92 Å². The van der Waals surface area contributed by atoms with Crippen molar-refractivity contribution in [2.24, 2.45) is 0 Å². The van der Waals surface area contributed by atoms with Crippen molar-refractivity contribution in [3.63, 3.8) is 0 Å². The van der Waals surface area contributed by atoms with Crippen LogP contribution in [0.2, 0.25) is 0 Å². The van der Waals surface area contributed by atoms with Gasteiger partial charge in [0.15, 0.2) is 5.69 Å². The molecule has 0 aliphatic rings. The van der Waals surface area contributed by atoms with Crippen LogP contribution in [0.3, 0.4) is 0 Å². The molecule has 1 amide bonds. The second-order valence-corrected chi connectivity index (χ2v) is 6.17. The molecule has 0 aliphatic heterocycles. The Balaban J connectivity index is 2.51. The minimum absolute atomic E-state index is 0.0662. The Kier molecular flexibility index (Phi) is 6.40. The fourth-order valence-corrected chi connectivity index (χ4v) is 2.31. The summed E-state index contributed by atoms with van der Waals surface area (Å²) >= 11 is 0. The summed E-state index contributed by atoms with van der Waals surface area (Å²) in [5.41, 5.74) is 1.32. The van der Waals surface area contributed by atoms with E-state index in [1.165, 1.54) is 0 Å². The van der Waals surface area contributed by atoms with Crippen molar-refractivity contribution in [3.8, 4) is 0 Å². The van der Waals surface area contributed by atoms with Crippen LogP contribution in [-0.2, 0) is 6.42 Å². The molecule has 1 heterocycles. The van der Waals surface area contributed by atoms with Crippen LogP contribution >= 0.6 is 0 Å². The number of carbonyl (C=O) groups excluding carboxylic acids is 1. The predicted octanol–water partition coefficient (Wildman–Crippen LogP) is 2.79. The minimum Gasteiger partial charge on any atom is -0.360 e. The Hall–Kier alpha value is -1.36. The summed E-state index contributed by atoms with van der Waals surface area (Å²) in [5, 5.41) is 6.81. The second-order valence-electron chi connectivity index (χ2n) is 6.17. The van der Waals surface area contributed by atoms with Crippen LogP contribution in [0.4, 0.5) is 0 Å². The molecule has 0 radical (unpaired) electrons. The van der Waals surface area contributed by atoms with Crippen molar-refractivity contribution in [1.82, 2.24) is 15.4 Å². The number of nitrogens with zero attached hydrogens (tertiary/aromatic N) is 2. The molecular formula is C16H29N3O2. The number of aryl methyl sites for hydroxylation is 1. The molecule has 21 heavy (non-hydrogen) atoms. The van der Waals surface area contributed by atoms with Crippen LogP contribution in [-0.4, -0.2) is 41.6 Å². The Labute approximate surface area is 128 Å². The quantitative estimate of drug-likeness (QED) is 0.801. The maximum atomic E-state index is 12.1. The first-order valence-corrected chi connectivity index (χ1v) is 7.78. The molecule has 5 heteroatoms. The highest BCUT2D eigenvalue weighted by Crippen LogP contribution is 2.17. The van der Waals surface area contributed by atoms with Gasteiger partial charge in [-0.3, -0.25) is 4.79 Å². The molecule has 5 nitrogen and oxygen atoms in total. The van der Waals surface area contributed by atoms with Crippen molar-refractivity contribution in [3.05, 3.63) is 17.0 Å². The van der Waals surface area contributed by atoms with Gasteiger partial charge in [-0.05, 0) is 47.2 Å². The van der Waals surface area contributed by atoms with Gasteiger partial charge in [0.2, 0.25) is 0 Å². The van der Waals surface area contributed by atoms with E-state index in [9.17, 15) is 4.79 Å². The summed E-state index contributed by atoms with van der Waals surface area (Å²) in [4.78, 5) is 14.5. The van der Waals surface area contributed by atoms with E-state index in [0.29, 0.717) is 12.2 Å². The summed E-state index contributed by atoms with van der Waals surface area (Å²) in [5.74, 6) is 0.632. The SMILES string of the molecule is CCCN(C)C(C)(C)CCNC(=O)c1noc(CC)c1C. The minimum atomic E-state index is -0.148.